The molecule has 0 spiro atoms. The summed E-state index contributed by atoms with van der Waals surface area (Å²) < 4.78 is 22.8. The lowest BCUT2D eigenvalue weighted by Gasteiger charge is -2.41. The zero-order valence-corrected chi connectivity index (χ0v) is 32.9. The fraction of sp³-hybridized carbons (Fsp3) is 0.921. The average Bonchev–Trinajstić information content (AvgIpc) is 3.11. The van der Waals surface area contributed by atoms with E-state index >= 15 is 0 Å². The van der Waals surface area contributed by atoms with Gasteiger partial charge in [0.15, 0.2) is 0 Å². The van der Waals surface area contributed by atoms with Crippen LogP contribution in [0, 0.1) is 0 Å². The monoisotopic (exact) mass is 767 g/mol. The van der Waals surface area contributed by atoms with Crippen LogP contribution in [-0.4, -0.2) is 108 Å². The zero-order chi connectivity index (χ0) is 38.8. The van der Waals surface area contributed by atoms with Crippen molar-refractivity contribution in [1.82, 2.24) is 5.32 Å². The number of amides is 1. The molecule has 0 saturated heterocycles. The first-order valence-electron chi connectivity index (χ1n) is 20.2. The number of carbonyl (C=O) groups is 1. The molecular weight excluding hydrogens is 693 g/mol. The second-order valence-corrected chi connectivity index (χ2v) is 16.1. The number of aliphatic hydroxyl groups is 7. The summed E-state index contributed by atoms with van der Waals surface area (Å²) in [6.07, 6.45) is 13.0. The van der Waals surface area contributed by atoms with Gasteiger partial charge in [-0.05, 0) is 32.1 Å². The molecule has 13 nitrogen and oxygen atoms in total. The van der Waals surface area contributed by atoms with E-state index in [0.717, 1.165) is 64.2 Å². The zero-order valence-electron chi connectivity index (χ0n) is 32.0. The Bertz CT molecular complexity index is 958. The van der Waals surface area contributed by atoms with Crippen molar-refractivity contribution in [3.63, 3.8) is 0 Å². The molecule has 0 radical (unpaired) electrons. The number of carbonyl (C=O) groups excluding carboxylic acids is 1. The first kappa shape index (κ1) is 49.1. The minimum atomic E-state index is -5.11. The van der Waals surface area contributed by atoms with Gasteiger partial charge in [0.05, 0.1) is 31.3 Å². The summed E-state index contributed by atoms with van der Waals surface area (Å²) >= 11 is 0. The van der Waals surface area contributed by atoms with Crippen molar-refractivity contribution < 1.29 is 59.0 Å². The van der Waals surface area contributed by atoms with Gasteiger partial charge in [0, 0.05) is 0 Å². The quantitative estimate of drug-likeness (QED) is 0.0248. The highest BCUT2D eigenvalue weighted by Gasteiger charge is 2.51. The van der Waals surface area contributed by atoms with Gasteiger partial charge in [-0.3, -0.25) is 13.8 Å². The molecule has 0 aromatic heterocycles. The maximum atomic E-state index is 12.9. The van der Waals surface area contributed by atoms with Gasteiger partial charge in [0.25, 0.3) is 0 Å². The van der Waals surface area contributed by atoms with Crippen molar-refractivity contribution in [2.24, 2.45) is 0 Å². The molecule has 1 aliphatic rings. The van der Waals surface area contributed by atoms with E-state index in [1.807, 2.05) is 0 Å². The van der Waals surface area contributed by atoms with Crippen molar-refractivity contribution in [2.45, 2.75) is 216 Å². The molecule has 0 bridgehead atoms. The lowest BCUT2D eigenvalue weighted by molar-refractivity contribution is -0.220. The van der Waals surface area contributed by atoms with E-state index in [4.69, 9.17) is 9.05 Å². The number of allylic oxidation sites excluding steroid dienone is 2. The van der Waals surface area contributed by atoms with Crippen LogP contribution in [0.15, 0.2) is 12.2 Å². The lowest BCUT2D eigenvalue weighted by atomic mass is 9.85. The Morgan fingerprint density at radius 2 is 1.10 bits per heavy atom. The summed E-state index contributed by atoms with van der Waals surface area (Å²) in [5.74, 6) is -0.576. The highest BCUT2D eigenvalue weighted by atomic mass is 31.2. The normalized spacial score (nSPS) is 25.2. The number of rotatable bonds is 32. The number of phosphoric ester groups is 1. The first-order valence-corrected chi connectivity index (χ1v) is 21.7. The largest absolute Gasteiger partial charge is 0.472 e. The molecule has 1 aliphatic carbocycles. The average molecular weight is 768 g/mol. The summed E-state index contributed by atoms with van der Waals surface area (Å²) in [4.78, 5) is 23.3. The molecule has 308 valence electrons. The number of unbranched alkanes of at least 4 members (excludes halogenated alkanes) is 17. The molecule has 1 saturated carbocycles. The SMILES string of the molecule is CCCC/C=C\CCCCC(O)CC(=O)NC(COP(=O)(O)OC1C(O)C(O)C(O)C(O)C1O)C(O)CCCCCCCCCCCCCCCC. The third kappa shape index (κ3) is 21.8. The van der Waals surface area contributed by atoms with E-state index in [2.05, 4.69) is 31.3 Å². The van der Waals surface area contributed by atoms with E-state index in [-0.39, 0.29) is 12.8 Å². The first-order chi connectivity index (χ1) is 24.8. The van der Waals surface area contributed by atoms with Gasteiger partial charge in [-0.25, -0.2) is 4.57 Å². The van der Waals surface area contributed by atoms with Crippen molar-refractivity contribution in [3.8, 4) is 0 Å². The molecule has 1 fully saturated rings. The summed E-state index contributed by atoms with van der Waals surface area (Å²) in [7, 11) is -5.11. The van der Waals surface area contributed by atoms with E-state index in [9.17, 15) is 50.0 Å². The van der Waals surface area contributed by atoms with Crippen molar-refractivity contribution >= 4 is 13.7 Å². The predicted octanol–water partition coefficient (Wildman–Crippen LogP) is 5.08. The topological polar surface area (TPSA) is 226 Å². The van der Waals surface area contributed by atoms with Crippen LogP contribution >= 0.6 is 7.82 Å². The number of phosphoric acid groups is 1. The molecule has 14 heteroatoms. The standard InChI is InChI=1S/C38H74NO12P/c1-3-5-7-9-11-13-14-15-16-17-18-20-22-24-26-31(41)30(39-32(42)27-29(40)25-23-21-19-12-10-8-6-4-2)28-50-52(48,49)51-38-36(46)34(44)33(43)35(45)37(38)47/h10,12,29-31,33-38,40-41,43-47H,3-9,11,13-28H2,1-2H3,(H,39,42)(H,48,49)/b12-10-. The number of nitrogens with one attached hydrogen (secondary N) is 1. The maximum absolute atomic E-state index is 12.9. The third-order valence-corrected chi connectivity index (χ3v) is 10.9. The number of aliphatic hydroxyl groups excluding tert-OH is 7. The molecule has 9 N–H and O–H groups in total. The minimum Gasteiger partial charge on any atom is -0.393 e. The van der Waals surface area contributed by atoms with E-state index in [1.54, 1.807) is 0 Å². The Morgan fingerprint density at radius 1 is 0.654 bits per heavy atom. The van der Waals surface area contributed by atoms with Gasteiger partial charge in [0.2, 0.25) is 5.91 Å². The molecule has 1 rings (SSSR count). The summed E-state index contributed by atoms with van der Waals surface area (Å²) in [6.45, 7) is 3.68. The van der Waals surface area contributed by atoms with Crippen LogP contribution < -0.4 is 5.32 Å². The van der Waals surface area contributed by atoms with Crippen LogP contribution in [0.2, 0.25) is 0 Å². The highest BCUT2D eigenvalue weighted by molar-refractivity contribution is 7.47. The van der Waals surface area contributed by atoms with Gasteiger partial charge in [0.1, 0.15) is 36.6 Å². The summed E-state index contributed by atoms with van der Waals surface area (Å²) in [5, 5.41) is 74.1. The maximum Gasteiger partial charge on any atom is 0.472 e. The smallest absolute Gasteiger partial charge is 0.393 e. The molecule has 8 unspecified atom stereocenters. The number of hydrogen-bond acceptors (Lipinski definition) is 11. The van der Waals surface area contributed by atoms with Crippen molar-refractivity contribution in [1.29, 1.82) is 0 Å². The van der Waals surface area contributed by atoms with E-state index in [1.165, 1.54) is 57.8 Å². The Labute approximate surface area is 312 Å². The molecule has 0 aromatic rings. The fourth-order valence-electron chi connectivity index (χ4n) is 6.46. The molecule has 0 aliphatic heterocycles. The molecule has 52 heavy (non-hydrogen) atoms. The van der Waals surface area contributed by atoms with E-state index < -0.39 is 75.2 Å². The van der Waals surface area contributed by atoms with Crippen molar-refractivity contribution in [3.05, 3.63) is 12.2 Å². The van der Waals surface area contributed by atoms with Crippen LogP contribution in [0.3, 0.4) is 0 Å². The predicted molar refractivity (Wildman–Crippen MR) is 201 cm³/mol. The Hall–Kier alpha value is -0.960. The lowest BCUT2D eigenvalue weighted by Crippen LogP contribution is -2.64. The van der Waals surface area contributed by atoms with Crippen LogP contribution in [0.25, 0.3) is 0 Å². The second-order valence-electron chi connectivity index (χ2n) is 14.7. The minimum absolute atomic E-state index is 0.236. The molecular formula is C38H74NO12P. The van der Waals surface area contributed by atoms with Gasteiger partial charge in [-0.2, -0.15) is 0 Å². The molecule has 8 atom stereocenters. The molecule has 0 aromatic carbocycles. The fourth-order valence-corrected chi connectivity index (χ4v) is 7.43. The van der Waals surface area contributed by atoms with E-state index in [0.29, 0.717) is 12.8 Å². The Morgan fingerprint density at radius 3 is 1.62 bits per heavy atom. The Kier molecular flexibility index (Phi) is 27.7. The van der Waals surface area contributed by atoms with Gasteiger partial charge in [-0.15, -0.1) is 0 Å². The second kappa shape index (κ2) is 29.3. The van der Waals surface area contributed by atoms with Crippen LogP contribution in [0.5, 0.6) is 0 Å². The van der Waals surface area contributed by atoms with Crippen molar-refractivity contribution in [2.75, 3.05) is 6.61 Å². The Balaban J connectivity index is 2.61. The third-order valence-electron chi connectivity index (χ3n) is 9.88. The molecule has 1 amide bonds. The highest BCUT2D eigenvalue weighted by Crippen LogP contribution is 2.47. The summed E-state index contributed by atoms with van der Waals surface area (Å²) in [5.41, 5.74) is 0. The summed E-state index contributed by atoms with van der Waals surface area (Å²) in [6, 6.07) is -1.15. The van der Waals surface area contributed by atoms with Crippen LogP contribution in [0.4, 0.5) is 0 Å². The van der Waals surface area contributed by atoms with Gasteiger partial charge >= 0.3 is 7.82 Å². The van der Waals surface area contributed by atoms with Crippen LogP contribution in [-0.2, 0) is 18.4 Å². The van der Waals surface area contributed by atoms with Gasteiger partial charge in [-0.1, -0.05) is 135 Å². The van der Waals surface area contributed by atoms with Crippen LogP contribution in [0.1, 0.15) is 162 Å². The van der Waals surface area contributed by atoms with Gasteiger partial charge < -0.3 is 46.0 Å². The molecule has 0 heterocycles. The number of hydrogen-bond donors (Lipinski definition) is 9.